The van der Waals surface area contributed by atoms with Crippen LogP contribution in [0.15, 0.2) is 0 Å². The number of hydrogen-bond donors (Lipinski definition) is 2. The molecule has 5 nitrogen and oxygen atoms in total. The summed E-state index contributed by atoms with van der Waals surface area (Å²) in [6.45, 7) is 7.10. The minimum atomic E-state index is -0.211. The third kappa shape index (κ3) is 180. The highest BCUT2D eigenvalue weighted by atomic mass is 16.5. The zero-order chi connectivity index (χ0) is 10.6. The normalized spacial score (nSPS) is 6.77. The monoisotopic (exact) mass is 198 g/mol. The van der Waals surface area contributed by atoms with Crippen molar-refractivity contribution in [2.24, 2.45) is 0 Å². The highest BCUT2D eigenvalue weighted by Gasteiger charge is 1.81. The highest BCUT2D eigenvalue weighted by Crippen LogP contribution is 1.69. The smallest absolute Gasteiger partial charge is 0.302 e. The highest BCUT2D eigenvalue weighted by molar-refractivity contribution is 5.65. The lowest BCUT2D eigenvalue weighted by molar-refractivity contribution is -0.140. The van der Waals surface area contributed by atoms with Crippen LogP contribution in [0.5, 0.6) is 0 Å². The molecule has 0 saturated carbocycles. The lowest BCUT2D eigenvalue weighted by Crippen LogP contribution is -1.95. The zero-order valence-electron chi connectivity index (χ0n) is 9.00. The third-order valence-electron chi connectivity index (χ3n) is 0.348. The zero-order valence-corrected chi connectivity index (χ0v) is 9.00. The number of esters is 1. The van der Waals surface area contributed by atoms with E-state index in [0.29, 0.717) is 6.61 Å². The van der Waals surface area contributed by atoms with Crippen molar-refractivity contribution >= 4 is 5.97 Å². The Morgan fingerprint density at radius 1 is 1.38 bits per heavy atom. The van der Waals surface area contributed by atoms with Gasteiger partial charge >= 0.3 is 5.97 Å². The summed E-state index contributed by atoms with van der Waals surface area (Å²) in [5, 5.41) is 15.1. The van der Waals surface area contributed by atoms with Gasteiger partial charge in [-0.1, -0.05) is 0 Å². The van der Waals surface area contributed by atoms with Crippen LogP contribution in [-0.4, -0.2) is 41.5 Å². The Morgan fingerprint density at radius 2 is 1.62 bits per heavy atom. The Kier molecular flexibility index (Phi) is 39.5. The van der Waals surface area contributed by atoms with Gasteiger partial charge in [0.05, 0.1) is 6.61 Å². The summed E-state index contributed by atoms with van der Waals surface area (Å²) in [5.41, 5.74) is 0. The second kappa shape index (κ2) is 22.5. The van der Waals surface area contributed by atoms with E-state index in [2.05, 4.69) is 4.74 Å². The quantitative estimate of drug-likeness (QED) is 0.567. The first-order valence-corrected chi connectivity index (χ1v) is 3.76. The number of carbonyl (C=O) groups is 1. The number of aliphatic hydroxyl groups is 2. The summed E-state index contributed by atoms with van der Waals surface area (Å²) in [6.07, 6.45) is -0.167. The molecule has 4 N–H and O–H groups in total. The maximum Gasteiger partial charge on any atom is 0.302 e. The predicted octanol–water partition coefficient (Wildman–Crippen LogP) is -0.260. The first kappa shape index (κ1) is 22.8. The van der Waals surface area contributed by atoms with Crippen molar-refractivity contribution in [1.29, 1.82) is 0 Å². The molecular formula is C8H22O5. The number of carbonyl (C=O) groups excluding carboxylic acids is 1. The molecule has 0 bridgehead atoms. The first-order chi connectivity index (χ1) is 5.50. The number of ether oxygens (including phenoxy) is 1. The van der Waals surface area contributed by atoms with Gasteiger partial charge in [0.1, 0.15) is 0 Å². The lowest BCUT2D eigenvalue weighted by Gasteiger charge is -1.89. The Bertz CT molecular complexity index is 79.8. The van der Waals surface area contributed by atoms with Gasteiger partial charge in [-0.25, -0.2) is 0 Å². The number of rotatable bonds is 1. The molecule has 0 fully saturated rings. The van der Waals surface area contributed by atoms with E-state index in [1.165, 1.54) is 6.92 Å². The molecule has 0 aromatic heterocycles. The van der Waals surface area contributed by atoms with E-state index >= 15 is 0 Å². The average molecular weight is 198 g/mol. The van der Waals surface area contributed by atoms with Crippen LogP contribution >= 0.6 is 0 Å². The summed E-state index contributed by atoms with van der Waals surface area (Å²) in [7, 11) is 1.00. The second-order valence-electron chi connectivity index (χ2n) is 2.02. The molecule has 0 aliphatic rings. The molecule has 0 aromatic rings. The molecule has 0 heterocycles. The molecule has 0 spiro atoms. The van der Waals surface area contributed by atoms with Crippen LogP contribution < -0.4 is 0 Å². The molecule has 0 rings (SSSR count). The van der Waals surface area contributed by atoms with Crippen molar-refractivity contribution in [2.75, 3.05) is 13.7 Å². The van der Waals surface area contributed by atoms with Crippen LogP contribution in [-0.2, 0) is 9.53 Å². The van der Waals surface area contributed by atoms with Crippen molar-refractivity contribution in [3.63, 3.8) is 0 Å². The van der Waals surface area contributed by atoms with Crippen molar-refractivity contribution < 1.29 is 25.2 Å². The van der Waals surface area contributed by atoms with Crippen LogP contribution in [0, 0.1) is 0 Å². The van der Waals surface area contributed by atoms with Crippen LogP contribution in [0.3, 0.4) is 0 Å². The van der Waals surface area contributed by atoms with Crippen molar-refractivity contribution in [3.05, 3.63) is 0 Å². The Balaban J connectivity index is -0.0000000512. The summed E-state index contributed by atoms with van der Waals surface area (Å²) in [5.74, 6) is -0.211. The number of aliphatic hydroxyl groups excluding tert-OH is 2. The topological polar surface area (TPSA) is 98.3 Å². The van der Waals surface area contributed by atoms with E-state index in [1.54, 1.807) is 20.8 Å². The van der Waals surface area contributed by atoms with E-state index in [4.69, 9.17) is 10.2 Å². The molecule has 5 heteroatoms. The van der Waals surface area contributed by atoms with E-state index < -0.39 is 0 Å². The maximum atomic E-state index is 9.82. The number of hydrogen-bond acceptors (Lipinski definition) is 4. The fourth-order valence-corrected chi connectivity index (χ4v) is 0.203. The Labute approximate surface area is 79.6 Å². The van der Waals surface area contributed by atoms with E-state index in [0.717, 1.165) is 7.11 Å². The van der Waals surface area contributed by atoms with Crippen LogP contribution in [0.4, 0.5) is 0 Å². The van der Waals surface area contributed by atoms with Crippen molar-refractivity contribution in [1.82, 2.24) is 0 Å². The molecule has 0 aromatic carbocycles. The van der Waals surface area contributed by atoms with Crippen molar-refractivity contribution in [2.45, 2.75) is 33.8 Å². The average Bonchev–Trinajstić information content (AvgIpc) is 1.90. The van der Waals surface area contributed by atoms with Gasteiger partial charge in [-0.3, -0.25) is 4.79 Å². The minimum Gasteiger partial charge on any atom is -0.466 e. The van der Waals surface area contributed by atoms with E-state index in [1.807, 2.05) is 0 Å². The summed E-state index contributed by atoms with van der Waals surface area (Å²) in [6, 6.07) is 0. The van der Waals surface area contributed by atoms with Gasteiger partial charge in [-0.15, -0.1) is 0 Å². The van der Waals surface area contributed by atoms with E-state index in [-0.39, 0.29) is 17.5 Å². The van der Waals surface area contributed by atoms with Gasteiger partial charge in [-0.05, 0) is 20.8 Å². The van der Waals surface area contributed by atoms with Gasteiger partial charge in [0.15, 0.2) is 0 Å². The molecule has 84 valence electrons. The molecule has 0 aliphatic carbocycles. The molecule has 0 unspecified atom stereocenters. The molecular weight excluding hydrogens is 176 g/mol. The summed E-state index contributed by atoms with van der Waals surface area (Å²) >= 11 is 0. The van der Waals surface area contributed by atoms with Gasteiger partial charge in [0, 0.05) is 20.1 Å². The fraction of sp³-hybridized carbons (Fsp3) is 0.875. The van der Waals surface area contributed by atoms with Gasteiger partial charge in [0.25, 0.3) is 0 Å². The molecule has 0 aliphatic heterocycles. The molecule has 13 heavy (non-hydrogen) atoms. The van der Waals surface area contributed by atoms with Crippen LogP contribution in [0.1, 0.15) is 27.7 Å². The molecule has 0 radical (unpaired) electrons. The minimum absolute atomic E-state index is 0. The van der Waals surface area contributed by atoms with E-state index in [9.17, 15) is 4.79 Å². The predicted molar refractivity (Wildman–Crippen MR) is 51.4 cm³/mol. The largest absolute Gasteiger partial charge is 0.466 e. The Morgan fingerprint density at radius 3 is 1.62 bits per heavy atom. The Hall–Kier alpha value is -0.650. The first-order valence-electron chi connectivity index (χ1n) is 3.76. The standard InChI is InChI=1S/C4H8O2.C3H8O.CH4O.H2O/c1-3-6-4(2)5;1-3(2)4;1-2;/h3H2,1-2H3;3-4H,1-2H3;2H,1H3;1H2. The van der Waals surface area contributed by atoms with Gasteiger partial charge in [-0.2, -0.15) is 0 Å². The maximum absolute atomic E-state index is 9.82. The summed E-state index contributed by atoms with van der Waals surface area (Å²) in [4.78, 5) is 9.82. The molecule has 0 amide bonds. The van der Waals surface area contributed by atoms with Crippen LogP contribution in [0.25, 0.3) is 0 Å². The van der Waals surface area contributed by atoms with Gasteiger partial charge < -0.3 is 20.4 Å². The lowest BCUT2D eigenvalue weighted by atomic mass is 10.5. The second-order valence-corrected chi connectivity index (χ2v) is 2.02. The summed E-state index contributed by atoms with van der Waals surface area (Å²) < 4.78 is 4.40. The van der Waals surface area contributed by atoms with Crippen molar-refractivity contribution in [3.8, 4) is 0 Å². The van der Waals surface area contributed by atoms with Crippen LogP contribution in [0.2, 0.25) is 0 Å². The SMILES string of the molecule is CC(C)O.CCOC(C)=O.CO.O. The fourth-order valence-electron chi connectivity index (χ4n) is 0.203. The van der Waals surface area contributed by atoms with Gasteiger partial charge in [0.2, 0.25) is 0 Å². The molecule has 0 atom stereocenters. The molecule has 0 saturated heterocycles. The third-order valence-corrected chi connectivity index (χ3v) is 0.348.